The molecule has 2 heterocycles. The average molecular weight is 346 g/mol. The summed E-state index contributed by atoms with van der Waals surface area (Å²) in [5.74, 6) is 0.275. The molecule has 25 heavy (non-hydrogen) atoms. The molecule has 3 rings (SSSR count). The lowest BCUT2D eigenvalue weighted by Gasteiger charge is -2.32. The van der Waals surface area contributed by atoms with Gasteiger partial charge in [0.1, 0.15) is 6.04 Å². The Morgan fingerprint density at radius 1 is 1.24 bits per heavy atom. The minimum atomic E-state index is -0.360. The molecule has 1 saturated carbocycles. The Bertz CT molecular complexity index is 633. The molecule has 2 aliphatic rings. The fourth-order valence-electron chi connectivity index (χ4n) is 4.44. The second kappa shape index (κ2) is 7.58. The predicted molar refractivity (Wildman–Crippen MR) is 96.0 cm³/mol. The van der Waals surface area contributed by atoms with E-state index in [1.807, 2.05) is 16.5 Å². The highest BCUT2D eigenvalue weighted by atomic mass is 16.2. The van der Waals surface area contributed by atoms with Crippen molar-refractivity contribution in [2.24, 2.45) is 5.92 Å². The molecule has 0 bridgehead atoms. The fourth-order valence-corrected chi connectivity index (χ4v) is 4.44. The van der Waals surface area contributed by atoms with Crippen LogP contribution in [0.1, 0.15) is 56.8 Å². The number of aryl methyl sites for hydroxylation is 2. The van der Waals surface area contributed by atoms with E-state index in [4.69, 9.17) is 0 Å². The van der Waals surface area contributed by atoms with E-state index in [2.05, 4.69) is 23.4 Å². The Balaban J connectivity index is 1.73. The van der Waals surface area contributed by atoms with Crippen LogP contribution in [0.4, 0.5) is 0 Å². The first-order valence-corrected chi connectivity index (χ1v) is 9.54. The standard InChI is InChI=1S/C19H30N4O2/c1-13-11-14(2)23(21-13)12-17-9-6-10-22(17)19(25)18(20-15(3)24)16-7-4-5-8-16/h11,16-18H,4-10,12H2,1-3H3,(H,20,24). The minimum Gasteiger partial charge on any atom is -0.344 e. The number of rotatable bonds is 5. The van der Waals surface area contributed by atoms with E-state index in [1.54, 1.807) is 0 Å². The summed E-state index contributed by atoms with van der Waals surface area (Å²) in [7, 11) is 0. The summed E-state index contributed by atoms with van der Waals surface area (Å²) in [4.78, 5) is 26.9. The number of hydrogen-bond donors (Lipinski definition) is 1. The molecule has 6 heteroatoms. The number of carbonyl (C=O) groups excluding carboxylic acids is 2. The molecule has 1 N–H and O–H groups in total. The molecular weight excluding hydrogens is 316 g/mol. The quantitative estimate of drug-likeness (QED) is 0.889. The van der Waals surface area contributed by atoms with Gasteiger partial charge in [-0.05, 0) is 51.5 Å². The number of likely N-dealkylation sites (tertiary alicyclic amines) is 1. The molecule has 2 atom stereocenters. The highest BCUT2D eigenvalue weighted by molar-refractivity contribution is 5.87. The van der Waals surface area contributed by atoms with Crippen molar-refractivity contribution in [1.29, 1.82) is 0 Å². The Morgan fingerprint density at radius 2 is 1.96 bits per heavy atom. The van der Waals surface area contributed by atoms with Crippen LogP contribution in [0.5, 0.6) is 0 Å². The maximum Gasteiger partial charge on any atom is 0.245 e. The summed E-state index contributed by atoms with van der Waals surface area (Å²) >= 11 is 0. The summed E-state index contributed by atoms with van der Waals surface area (Å²) < 4.78 is 2.01. The van der Waals surface area contributed by atoms with Crippen LogP contribution >= 0.6 is 0 Å². The summed E-state index contributed by atoms with van der Waals surface area (Å²) in [5, 5.41) is 7.49. The Morgan fingerprint density at radius 3 is 2.56 bits per heavy atom. The topological polar surface area (TPSA) is 67.2 Å². The van der Waals surface area contributed by atoms with Crippen LogP contribution in [0.2, 0.25) is 0 Å². The minimum absolute atomic E-state index is 0.103. The van der Waals surface area contributed by atoms with Gasteiger partial charge in [-0.1, -0.05) is 12.8 Å². The molecule has 1 saturated heterocycles. The number of carbonyl (C=O) groups is 2. The normalized spacial score (nSPS) is 22.4. The van der Waals surface area contributed by atoms with Gasteiger partial charge in [-0.25, -0.2) is 0 Å². The van der Waals surface area contributed by atoms with Gasteiger partial charge in [0, 0.05) is 19.2 Å². The summed E-state index contributed by atoms with van der Waals surface area (Å²) in [6.45, 7) is 7.08. The van der Waals surface area contributed by atoms with Crippen LogP contribution in [0.15, 0.2) is 6.07 Å². The average Bonchev–Trinajstić information content (AvgIpc) is 3.27. The van der Waals surface area contributed by atoms with Gasteiger partial charge in [-0.2, -0.15) is 5.10 Å². The van der Waals surface area contributed by atoms with E-state index in [9.17, 15) is 9.59 Å². The number of nitrogens with one attached hydrogen (secondary N) is 1. The molecule has 0 aromatic carbocycles. The van der Waals surface area contributed by atoms with Crippen molar-refractivity contribution in [3.63, 3.8) is 0 Å². The zero-order valence-electron chi connectivity index (χ0n) is 15.6. The monoisotopic (exact) mass is 346 g/mol. The maximum absolute atomic E-state index is 13.2. The molecule has 138 valence electrons. The van der Waals surface area contributed by atoms with Crippen molar-refractivity contribution in [3.8, 4) is 0 Å². The highest BCUT2D eigenvalue weighted by Gasteiger charge is 2.38. The Hall–Kier alpha value is -1.85. The molecule has 2 fully saturated rings. The molecule has 1 aromatic heterocycles. The molecule has 2 amide bonds. The van der Waals surface area contributed by atoms with Crippen molar-refractivity contribution in [2.75, 3.05) is 6.54 Å². The van der Waals surface area contributed by atoms with Crippen molar-refractivity contribution in [3.05, 3.63) is 17.5 Å². The van der Waals surface area contributed by atoms with Gasteiger partial charge in [0.05, 0.1) is 18.3 Å². The summed E-state index contributed by atoms with van der Waals surface area (Å²) in [5.41, 5.74) is 2.14. The van der Waals surface area contributed by atoms with Gasteiger partial charge < -0.3 is 10.2 Å². The van der Waals surface area contributed by atoms with E-state index < -0.39 is 0 Å². The molecule has 6 nitrogen and oxygen atoms in total. The third kappa shape index (κ3) is 4.05. The Labute approximate surface area is 149 Å². The maximum atomic E-state index is 13.2. The van der Waals surface area contributed by atoms with Crippen molar-refractivity contribution in [2.45, 2.75) is 77.9 Å². The van der Waals surface area contributed by atoms with Crippen LogP contribution < -0.4 is 5.32 Å². The molecule has 1 aliphatic carbocycles. The van der Waals surface area contributed by atoms with Gasteiger partial charge in [-0.15, -0.1) is 0 Å². The van der Waals surface area contributed by atoms with Gasteiger partial charge in [-0.3, -0.25) is 14.3 Å². The first-order valence-electron chi connectivity index (χ1n) is 9.54. The zero-order chi connectivity index (χ0) is 18.0. The lowest BCUT2D eigenvalue weighted by molar-refractivity contribution is -0.138. The van der Waals surface area contributed by atoms with Gasteiger partial charge >= 0.3 is 0 Å². The largest absolute Gasteiger partial charge is 0.344 e. The van der Waals surface area contributed by atoms with E-state index in [-0.39, 0.29) is 29.8 Å². The van der Waals surface area contributed by atoms with E-state index in [0.29, 0.717) is 0 Å². The summed E-state index contributed by atoms with van der Waals surface area (Å²) in [6, 6.07) is 1.88. The zero-order valence-corrected chi connectivity index (χ0v) is 15.6. The van der Waals surface area contributed by atoms with Crippen LogP contribution in [0.3, 0.4) is 0 Å². The number of amides is 2. The van der Waals surface area contributed by atoms with Crippen LogP contribution in [-0.2, 0) is 16.1 Å². The molecule has 2 unspecified atom stereocenters. The third-order valence-corrected chi connectivity index (χ3v) is 5.64. The molecule has 1 aliphatic heterocycles. The van der Waals surface area contributed by atoms with Crippen LogP contribution in [-0.4, -0.2) is 45.1 Å². The van der Waals surface area contributed by atoms with Gasteiger partial charge in [0.15, 0.2) is 0 Å². The second-order valence-corrected chi connectivity index (χ2v) is 7.66. The van der Waals surface area contributed by atoms with Gasteiger partial charge in [0.2, 0.25) is 11.8 Å². The molecule has 0 radical (unpaired) electrons. The molecule has 0 spiro atoms. The number of aromatic nitrogens is 2. The van der Waals surface area contributed by atoms with E-state index >= 15 is 0 Å². The number of hydrogen-bond acceptors (Lipinski definition) is 3. The van der Waals surface area contributed by atoms with Crippen LogP contribution in [0.25, 0.3) is 0 Å². The highest BCUT2D eigenvalue weighted by Crippen LogP contribution is 2.30. The molecular formula is C19H30N4O2. The molecule has 1 aromatic rings. The van der Waals surface area contributed by atoms with Crippen molar-refractivity contribution in [1.82, 2.24) is 20.0 Å². The van der Waals surface area contributed by atoms with E-state index in [1.165, 1.54) is 6.92 Å². The predicted octanol–water partition coefficient (Wildman–Crippen LogP) is 2.19. The first kappa shape index (κ1) is 18.0. The number of nitrogens with zero attached hydrogens (tertiary/aromatic N) is 3. The lowest BCUT2D eigenvalue weighted by Crippen LogP contribution is -2.53. The van der Waals surface area contributed by atoms with Crippen LogP contribution in [0, 0.1) is 19.8 Å². The SMILES string of the molecule is CC(=O)NC(C(=O)N1CCCC1Cn1nc(C)cc1C)C1CCCC1. The fraction of sp³-hybridized carbons (Fsp3) is 0.737. The van der Waals surface area contributed by atoms with E-state index in [0.717, 1.165) is 63.0 Å². The third-order valence-electron chi connectivity index (χ3n) is 5.64. The summed E-state index contributed by atoms with van der Waals surface area (Å²) in [6.07, 6.45) is 6.40. The smallest absolute Gasteiger partial charge is 0.245 e. The lowest BCUT2D eigenvalue weighted by atomic mass is 9.96. The Kier molecular flexibility index (Phi) is 5.45. The van der Waals surface area contributed by atoms with Gasteiger partial charge in [0.25, 0.3) is 0 Å². The second-order valence-electron chi connectivity index (χ2n) is 7.66. The van der Waals surface area contributed by atoms with Crippen molar-refractivity contribution < 1.29 is 9.59 Å². The van der Waals surface area contributed by atoms with Crippen molar-refractivity contribution >= 4 is 11.8 Å². The first-order chi connectivity index (χ1) is 12.0.